The number of hydrogen-bond acceptors (Lipinski definition) is 3. The van der Waals surface area contributed by atoms with Gasteiger partial charge >= 0.3 is 5.97 Å². The molecule has 0 unspecified atom stereocenters. The van der Waals surface area contributed by atoms with Gasteiger partial charge in [0.1, 0.15) is 0 Å². The molecule has 0 saturated carbocycles. The van der Waals surface area contributed by atoms with Crippen molar-refractivity contribution in [3.8, 4) is 11.1 Å². The third-order valence-corrected chi connectivity index (χ3v) is 3.13. The normalized spacial score (nSPS) is 10.1. The van der Waals surface area contributed by atoms with Crippen molar-refractivity contribution >= 4 is 11.8 Å². The third-order valence-electron chi connectivity index (χ3n) is 3.13. The van der Waals surface area contributed by atoms with E-state index in [0.29, 0.717) is 12.0 Å². The minimum atomic E-state index is -0.327. The molecule has 2 aromatic rings. The van der Waals surface area contributed by atoms with Crippen LogP contribution in [0, 0.1) is 0 Å². The van der Waals surface area contributed by atoms with Crippen molar-refractivity contribution in [2.45, 2.75) is 19.8 Å². The number of Topliss-reactive ketones (excluding diaryl/α,β-unsaturated/α-hetero) is 1. The second-order valence-corrected chi connectivity index (χ2v) is 4.78. The molecule has 0 saturated heterocycles. The lowest BCUT2D eigenvalue weighted by atomic mass is 10.0. The summed E-state index contributed by atoms with van der Waals surface area (Å²) < 4.78 is 4.93. The number of hydrogen-bond donors (Lipinski definition) is 0. The fourth-order valence-electron chi connectivity index (χ4n) is 1.98. The summed E-state index contributed by atoms with van der Waals surface area (Å²) in [5.74, 6) is -0.508. The van der Waals surface area contributed by atoms with Crippen molar-refractivity contribution in [1.82, 2.24) is 0 Å². The van der Waals surface area contributed by atoms with E-state index in [9.17, 15) is 9.59 Å². The van der Waals surface area contributed by atoms with E-state index in [1.165, 1.54) is 0 Å². The van der Waals surface area contributed by atoms with Gasteiger partial charge in [0.15, 0.2) is 12.4 Å². The fourth-order valence-corrected chi connectivity index (χ4v) is 1.98. The number of ketones is 1. The highest BCUT2D eigenvalue weighted by atomic mass is 16.5. The molecule has 0 aromatic heterocycles. The minimum absolute atomic E-state index is 0.181. The topological polar surface area (TPSA) is 43.4 Å². The lowest BCUT2D eigenvalue weighted by Gasteiger charge is -2.05. The first-order valence-corrected chi connectivity index (χ1v) is 7.05. The van der Waals surface area contributed by atoms with Crippen molar-refractivity contribution in [2.24, 2.45) is 0 Å². The third kappa shape index (κ3) is 4.28. The number of benzene rings is 2. The highest BCUT2D eigenvalue weighted by molar-refractivity contribution is 5.98. The Labute approximate surface area is 124 Å². The average molecular weight is 282 g/mol. The number of carbonyl (C=O) groups is 2. The first-order valence-electron chi connectivity index (χ1n) is 7.05. The summed E-state index contributed by atoms with van der Waals surface area (Å²) in [5, 5.41) is 0. The van der Waals surface area contributed by atoms with Crippen LogP contribution in [-0.2, 0) is 9.53 Å². The molecule has 0 aliphatic rings. The Kier molecular flexibility index (Phi) is 5.27. The highest BCUT2D eigenvalue weighted by Gasteiger charge is 2.09. The molecular formula is C18H18O3. The lowest BCUT2D eigenvalue weighted by Crippen LogP contribution is -2.13. The van der Waals surface area contributed by atoms with Crippen LogP contribution in [0.3, 0.4) is 0 Å². The molecule has 2 aromatic carbocycles. The van der Waals surface area contributed by atoms with E-state index in [1.54, 1.807) is 12.1 Å². The van der Waals surface area contributed by atoms with E-state index < -0.39 is 0 Å². The van der Waals surface area contributed by atoms with Gasteiger partial charge in [0.25, 0.3) is 0 Å². The molecule has 3 nitrogen and oxygen atoms in total. The zero-order chi connectivity index (χ0) is 15.1. The van der Waals surface area contributed by atoms with Crippen LogP contribution in [0.1, 0.15) is 30.1 Å². The predicted octanol–water partition coefficient (Wildman–Crippen LogP) is 3.88. The van der Waals surface area contributed by atoms with Crippen LogP contribution in [0.4, 0.5) is 0 Å². The van der Waals surface area contributed by atoms with Crippen molar-refractivity contribution in [3.05, 3.63) is 60.2 Å². The summed E-state index contributed by atoms with van der Waals surface area (Å²) in [5.41, 5.74) is 2.71. The molecule has 0 aliphatic heterocycles. The maximum absolute atomic E-state index is 11.9. The van der Waals surface area contributed by atoms with Gasteiger partial charge < -0.3 is 4.74 Å². The van der Waals surface area contributed by atoms with E-state index in [2.05, 4.69) is 0 Å². The number of rotatable bonds is 6. The number of esters is 1. The maximum Gasteiger partial charge on any atom is 0.306 e. The first kappa shape index (κ1) is 15.0. The van der Waals surface area contributed by atoms with E-state index in [4.69, 9.17) is 4.74 Å². The van der Waals surface area contributed by atoms with E-state index in [-0.39, 0.29) is 18.4 Å². The molecule has 3 heteroatoms. The van der Waals surface area contributed by atoms with Gasteiger partial charge in [-0.1, -0.05) is 61.5 Å². The van der Waals surface area contributed by atoms with Crippen LogP contribution in [0.2, 0.25) is 0 Å². The summed E-state index contributed by atoms with van der Waals surface area (Å²) in [6.45, 7) is 1.70. The summed E-state index contributed by atoms with van der Waals surface area (Å²) in [7, 11) is 0. The molecule has 21 heavy (non-hydrogen) atoms. The Bertz CT molecular complexity index is 600. The van der Waals surface area contributed by atoms with Gasteiger partial charge in [0.2, 0.25) is 0 Å². The highest BCUT2D eigenvalue weighted by Crippen LogP contribution is 2.19. The van der Waals surface area contributed by atoms with Gasteiger partial charge in [0.05, 0.1) is 0 Å². The molecular weight excluding hydrogens is 264 g/mol. The van der Waals surface area contributed by atoms with Gasteiger partial charge in [-0.05, 0) is 17.5 Å². The molecule has 0 N–H and O–H groups in total. The summed E-state index contributed by atoms with van der Waals surface area (Å²) in [6, 6.07) is 17.3. The molecule has 0 atom stereocenters. The molecule has 0 bridgehead atoms. The van der Waals surface area contributed by atoms with Crippen LogP contribution >= 0.6 is 0 Å². The maximum atomic E-state index is 11.9. The lowest BCUT2D eigenvalue weighted by molar-refractivity contribution is -0.142. The van der Waals surface area contributed by atoms with Crippen molar-refractivity contribution in [1.29, 1.82) is 0 Å². The fraction of sp³-hybridized carbons (Fsp3) is 0.222. The van der Waals surface area contributed by atoms with Crippen molar-refractivity contribution < 1.29 is 14.3 Å². The molecule has 0 fully saturated rings. The number of carbonyl (C=O) groups excluding carboxylic acids is 2. The van der Waals surface area contributed by atoms with Gasteiger partial charge in [-0.25, -0.2) is 0 Å². The zero-order valence-corrected chi connectivity index (χ0v) is 12.0. The molecule has 0 heterocycles. The smallest absolute Gasteiger partial charge is 0.306 e. The largest absolute Gasteiger partial charge is 0.457 e. The Morgan fingerprint density at radius 1 is 0.905 bits per heavy atom. The Balaban J connectivity index is 1.99. The van der Waals surface area contributed by atoms with Crippen molar-refractivity contribution in [3.63, 3.8) is 0 Å². The molecule has 0 spiro atoms. The van der Waals surface area contributed by atoms with Gasteiger partial charge in [-0.15, -0.1) is 0 Å². The molecule has 108 valence electrons. The van der Waals surface area contributed by atoms with Crippen LogP contribution in [0.25, 0.3) is 11.1 Å². The SMILES string of the molecule is CCCC(=O)OCC(=O)c1ccc(-c2ccccc2)cc1. The summed E-state index contributed by atoms with van der Waals surface area (Å²) >= 11 is 0. The van der Waals surface area contributed by atoms with E-state index in [1.807, 2.05) is 49.4 Å². The second kappa shape index (κ2) is 7.39. The second-order valence-electron chi connectivity index (χ2n) is 4.78. The van der Waals surface area contributed by atoms with Crippen LogP contribution in [0.15, 0.2) is 54.6 Å². The van der Waals surface area contributed by atoms with E-state index in [0.717, 1.165) is 17.5 Å². The predicted molar refractivity (Wildman–Crippen MR) is 82.1 cm³/mol. The standard InChI is InChI=1S/C18H18O3/c1-2-6-18(20)21-13-17(19)16-11-9-15(10-12-16)14-7-4-3-5-8-14/h3-5,7-12H,2,6,13H2,1H3. The molecule has 0 amide bonds. The monoisotopic (exact) mass is 282 g/mol. The van der Waals surface area contributed by atoms with E-state index >= 15 is 0 Å². The minimum Gasteiger partial charge on any atom is -0.457 e. The van der Waals surface area contributed by atoms with Gasteiger partial charge in [-0.2, -0.15) is 0 Å². The van der Waals surface area contributed by atoms with Crippen LogP contribution in [0.5, 0.6) is 0 Å². The Hall–Kier alpha value is -2.42. The van der Waals surface area contributed by atoms with Gasteiger partial charge in [-0.3, -0.25) is 9.59 Å². The molecule has 0 aliphatic carbocycles. The summed E-state index contributed by atoms with van der Waals surface area (Å²) in [4.78, 5) is 23.2. The van der Waals surface area contributed by atoms with Crippen LogP contribution < -0.4 is 0 Å². The Morgan fingerprint density at radius 3 is 2.14 bits per heavy atom. The number of ether oxygens (including phenoxy) is 1. The quantitative estimate of drug-likeness (QED) is 0.596. The zero-order valence-electron chi connectivity index (χ0n) is 12.0. The first-order chi connectivity index (χ1) is 10.2. The molecule has 2 rings (SSSR count). The molecule has 0 radical (unpaired) electrons. The Morgan fingerprint density at radius 2 is 1.52 bits per heavy atom. The summed E-state index contributed by atoms with van der Waals surface area (Å²) in [6.07, 6.45) is 1.07. The average Bonchev–Trinajstić information content (AvgIpc) is 2.54. The van der Waals surface area contributed by atoms with Crippen molar-refractivity contribution in [2.75, 3.05) is 6.61 Å². The van der Waals surface area contributed by atoms with Gasteiger partial charge in [0, 0.05) is 12.0 Å². The van der Waals surface area contributed by atoms with Crippen LogP contribution in [-0.4, -0.2) is 18.4 Å².